The standard InChI is InChI=1S/C33H49N3O4/c1-8-10-15-21-36(29(30(37)34-20-11-9-2)27-19-18-24(3)22-25(27)4)31(38)28(23-26-16-13-12-14-17-26)35-32(39)40-33(5,6)7/h12-14,16-19,22,28-29H,8-11,15,20-21,23H2,1-7H3,(H,34,37)(H,35,39). The molecular weight excluding hydrogens is 502 g/mol. The molecule has 0 heterocycles. The molecule has 0 bridgehead atoms. The second kappa shape index (κ2) is 16.0. The first-order valence-electron chi connectivity index (χ1n) is 14.7. The van der Waals surface area contributed by atoms with Crippen LogP contribution in [-0.2, 0) is 20.7 Å². The number of amides is 3. The van der Waals surface area contributed by atoms with E-state index in [1.54, 1.807) is 25.7 Å². The summed E-state index contributed by atoms with van der Waals surface area (Å²) >= 11 is 0. The van der Waals surface area contributed by atoms with Gasteiger partial charge in [0.05, 0.1) is 0 Å². The van der Waals surface area contributed by atoms with Crippen LogP contribution < -0.4 is 10.6 Å². The Labute approximate surface area is 241 Å². The number of nitrogens with zero attached hydrogens (tertiary/aromatic N) is 1. The molecule has 7 nitrogen and oxygen atoms in total. The summed E-state index contributed by atoms with van der Waals surface area (Å²) in [7, 11) is 0. The largest absolute Gasteiger partial charge is 0.444 e. The molecule has 0 aliphatic heterocycles. The van der Waals surface area contributed by atoms with Crippen molar-refractivity contribution in [1.29, 1.82) is 0 Å². The summed E-state index contributed by atoms with van der Waals surface area (Å²) in [5, 5.41) is 5.90. The molecule has 0 saturated heterocycles. The fourth-order valence-corrected chi connectivity index (χ4v) is 4.67. The Morgan fingerprint density at radius 1 is 0.925 bits per heavy atom. The fourth-order valence-electron chi connectivity index (χ4n) is 4.67. The summed E-state index contributed by atoms with van der Waals surface area (Å²) in [6.07, 6.45) is 4.06. The summed E-state index contributed by atoms with van der Waals surface area (Å²) in [5.74, 6) is -0.512. The lowest BCUT2D eigenvalue weighted by Crippen LogP contribution is -2.54. The summed E-state index contributed by atoms with van der Waals surface area (Å²) in [5.41, 5.74) is 3.01. The molecule has 0 radical (unpaired) electrons. The van der Waals surface area contributed by atoms with Crippen molar-refractivity contribution in [2.24, 2.45) is 0 Å². The number of carbonyl (C=O) groups is 3. The normalized spacial score (nSPS) is 12.8. The number of nitrogens with one attached hydrogen (secondary N) is 2. The summed E-state index contributed by atoms with van der Waals surface area (Å²) in [6.45, 7) is 14.5. The molecule has 0 spiro atoms. The van der Waals surface area contributed by atoms with E-state index >= 15 is 0 Å². The van der Waals surface area contributed by atoms with Crippen LogP contribution in [0, 0.1) is 13.8 Å². The van der Waals surface area contributed by atoms with E-state index in [-0.39, 0.29) is 18.2 Å². The molecule has 0 aliphatic rings. The van der Waals surface area contributed by atoms with Crippen LogP contribution in [0.25, 0.3) is 0 Å². The van der Waals surface area contributed by atoms with E-state index < -0.39 is 23.8 Å². The summed E-state index contributed by atoms with van der Waals surface area (Å²) in [6, 6.07) is 13.8. The highest BCUT2D eigenvalue weighted by Gasteiger charge is 2.36. The Morgan fingerprint density at radius 2 is 1.60 bits per heavy atom. The Hall–Kier alpha value is -3.35. The quantitative estimate of drug-likeness (QED) is 0.265. The van der Waals surface area contributed by atoms with Gasteiger partial charge in [-0.05, 0) is 64.2 Å². The van der Waals surface area contributed by atoms with Gasteiger partial charge in [0.2, 0.25) is 11.8 Å². The third-order valence-electron chi connectivity index (χ3n) is 6.67. The second-order valence-corrected chi connectivity index (χ2v) is 11.5. The van der Waals surface area contributed by atoms with Gasteiger partial charge in [0.1, 0.15) is 17.7 Å². The molecule has 2 aromatic carbocycles. The zero-order valence-corrected chi connectivity index (χ0v) is 25.5. The van der Waals surface area contributed by atoms with Gasteiger partial charge < -0.3 is 20.3 Å². The van der Waals surface area contributed by atoms with Crippen molar-refractivity contribution in [3.8, 4) is 0 Å². The molecule has 0 aromatic heterocycles. The number of unbranched alkanes of at least 4 members (excludes halogenated alkanes) is 3. The van der Waals surface area contributed by atoms with E-state index in [0.717, 1.165) is 54.4 Å². The van der Waals surface area contributed by atoms with Crippen molar-refractivity contribution in [3.63, 3.8) is 0 Å². The van der Waals surface area contributed by atoms with Gasteiger partial charge >= 0.3 is 6.09 Å². The number of carbonyl (C=O) groups excluding carboxylic acids is 3. The van der Waals surface area contributed by atoms with E-state index in [4.69, 9.17) is 4.74 Å². The Morgan fingerprint density at radius 3 is 2.20 bits per heavy atom. The molecule has 0 saturated carbocycles. The van der Waals surface area contributed by atoms with Crippen LogP contribution in [0.15, 0.2) is 48.5 Å². The van der Waals surface area contributed by atoms with Crippen LogP contribution in [0.3, 0.4) is 0 Å². The number of ether oxygens (including phenoxy) is 1. The van der Waals surface area contributed by atoms with E-state index in [1.807, 2.05) is 62.4 Å². The van der Waals surface area contributed by atoms with Crippen LogP contribution >= 0.6 is 0 Å². The molecule has 2 atom stereocenters. The van der Waals surface area contributed by atoms with Gasteiger partial charge in [-0.15, -0.1) is 0 Å². The van der Waals surface area contributed by atoms with Gasteiger partial charge in [0, 0.05) is 19.5 Å². The van der Waals surface area contributed by atoms with Crippen molar-refractivity contribution in [2.45, 2.75) is 105 Å². The lowest BCUT2D eigenvalue weighted by molar-refractivity contribution is -0.142. The average Bonchev–Trinajstić information content (AvgIpc) is 2.88. The maximum atomic E-state index is 14.4. The third-order valence-corrected chi connectivity index (χ3v) is 6.67. The molecular formula is C33H49N3O4. The Kier molecular flexibility index (Phi) is 13.2. The van der Waals surface area contributed by atoms with E-state index in [9.17, 15) is 14.4 Å². The highest BCUT2D eigenvalue weighted by molar-refractivity contribution is 5.92. The van der Waals surface area contributed by atoms with Crippen LogP contribution in [-0.4, -0.2) is 47.5 Å². The minimum absolute atomic E-state index is 0.207. The zero-order valence-electron chi connectivity index (χ0n) is 25.5. The molecule has 40 heavy (non-hydrogen) atoms. The average molecular weight is 552 g/mol. The maximum Gasteiger partial charge on any atom is 0.408 e. The van der Waals surface area contributed by atoms with E-state index in [2.05, 4.69) is 24.5 Å². The van der Waals surface area contributed by atoms with Gasteiger partial charge in [0.25, 0.3) is 0 Å². The minimum atomic E-state index is -0.907. The smallest absolute Gasteiger partial charge is 0.408 e. The molecule has 7 heteroatoms. The van der Waals surface area contributed by atoms with Gasteiger partial charge in [0.15, 0.2) is 0 Å². The van der Waals surface area contributed by atoms with Crippen LogP contribution in [0.5, 0.6) is 0 Å². The van der Waals surface area contributed by atoms with Gasteiger partial charge in [-0.25, -0.2) is 4.79 Å². The zero-order chi connectivity index (χ0) is 29.7. The SMILES string of the molecule is CCCCCN(C(=O)C(Cc1ccccc1)NC(=O)OC(C)(C)C)C(C(=O)NCCCC)c1ccc(C)cc1C. The highest BCUT2D eigenvalue weighted by Crippen LogP contribution is 2.27. The first-order chi connectivity index (χ1) is 19.0. The number of alkyl carbamates (subject to hydrolysis) is 1. The molecule has 0 fully saturated rings. The van der Waals surface area contributed by atoms with Crippen LogP contribution in [0.2, 0.25) is 0 Å². The molecule has 2 aromatic rings. The van der Waals surface area contributed by atoms with E-state index in [1.165, 1.54) is 0 Å². The third kappa shape index (κ3) is 10.7. The van der Waals surface area contributed by atoms with Crippen molar-refractivity contribution in [3.05, 3.63) is 70.8 Å². The number of hydrogen-bond acceptors (Lipinski definition) is 4. The first kappa shape index (κ1) is 32.9. The molecule has 220 valence electrons. The van der Waals surface area contributed by atoms with Gasteiger partial charge in [-0.2, -0.15) is 0 Å². The van der Waals surface area contributed by atoms with Gasteiger partial charge in [-0.1, -0.05) is 87.2 Å². The molecule has 2 rings (SSSR count). The predicted molar refractivity (Wildman–Crippen MR) is 161 cm³/mol. The number of benzene rings is 2. The van der Waals surface area contributed by atoms with Crippen molar-refractivity contribution >= 4 is 17.9 Å². The second-order valence-electron chi connectivity index (χ2n) is 11.5. The molecule has 2 unspecified atom stereocenters. The van der Waals surface area contributed by atoms with Gasteiger partial charge in [-0.3, -0.25) is 9.59 Å². The topological polar surface area (TPSA) is 87.7 Å². The minimum Gasteiger partial charge on any atom is -0.444 e. The maximum absolute atomic E-state index is 14.4. The summed E-state index contributed by atoms with van der Waals surface area (Å²) < 4.78 is 5.52. The van der Waals surface area contributed by atoms with Crippen molar-refractivity contribution < 1.29 is 19.1 Å². The van der Waals surface area contributed by atoms with E-state index in [0.29, 0.717) is 13.1 Å². The van der Waals surface area contributed by atoms with Crippen molar-refractivity contribution in [1.82, 2.24) is 15.5 Å². The number of aryl methyl sites for hydroxylation is 2. The number of hydrogen-bond donors (Lipinski definition) is 2. The number of rotatable bonds is 14. The summed E-state index contributed by atoms with van der Waals surface area (Å²) in [4.78, 5) is 42.8. The Bertz CT molecular complexity index is 1090. The lowest BCUT2D eigenvalue weighted by Gasteiger charge is -2.35. The highest BCUT2D eigenvalue weighted by atomic mass is 16.6. The predicted octanol–water partition coefficient (Wildman–Crippen LogP) is 6.42. The molecule has 2 N–H and O–H groups in total. The molecule has 3 amide bonds. The molecule has 0 aliphatic carbocycles. The van der Waals surface area contributed by atoms with Crippen molar-refractivity contribution in [2.75, 3.05) is 13.1 Å². The fraction of sp³-hybridized carbons (Fsp3) is 0.545. The Balaban J connectivity index is 2.56. The monoisotopic (exact) mass is 551 g/mol. The lowest BCUT2D eigenvalue weighted by atomic mass is 9.95. The van der Waals surface area contributed by atoms with Crippen LogP contribution in [0.4, 0.5) is 4.79 Å². The van der Waals surface area contributed by atoms with Crippen LogP contribution in [0.1, 0.15) is 95.0 Å². The first-order valence-corrected chi connectivity index (χ1v) is 14.7.